The van der Waals surface area contributed by atoms with Crippen molar-refractivity contribution in [2.45, 2.75) is 44.4 Å². The van der Waals surface area contributed by atoms with Crippen molar-refractivity contribution in [2.75, 3.05) is 6.54 Å². The predicted octanol–water partition coefficient (Wildman–Crippen LogP) is 2.55. The summed E-state index contributed by atoms with van der Waals surface area (Å²) >= 11 is 0. The van der Waals surface area contributed by atoms with Crippen LogP contribution in [0.1, 0.15) is 48.5 Å². The minimum Gasteiger partial charge on any atom is -0.478 e. The molecule has 1 aromatic carbocycles. The molecular weight excluding hydrogens is 278 g/mol. The second-order valence-corrected chi connectivity index (χ2v) is 6.51. The number of carbonyl (C=O) groups is 1. The van der Waals surface area contributed by atoms with Gasteiger partial charge in [0.05, 0.1) is 10.5 Å². The number of rotatable bonds is 8. The molecule has 0 aliphatic heterocycles. The topological polar surface area (TPSA) is 83.5 Å². The molecule has 0 aliphatic carbocycles. The van der Waals surface area contributed by atoms with Crippen molar-refractivity contribution in [3.05, 3.63) is 29.3 Å². The zero-order valence-corrected chi connectivity index (χ0v) is 12.7. The summed E-state index contributed by atoms with van der Waals surface area (Å²) in [5.74, 6) is -1.12. The minimum atomic E-state index is -3.63. The largest absolute Gasteiger partial charge is 0.478 e. The van der Waals surface area contributed by atoms with Gasteiger partial charge in [0.25, 0.3) is 0 Å². The molecule has 2 N–H and O–H groups in total. The van der Waals surface area contributed by atoms with Gasteiger partial charge in [0.1, 0.15) is 0 Å². The molecule has 6 heteroatoms. The molecule has 1 rings (SSSR count). The number of sulfonamides is 1. The average Bonchev–Trinajstić information content (AvgIpc) is 2.38. The Morgan fingerprint density at radius 2 is 1.95 bits per heavy atom. The maximum absolute atomic E-state index is 12.0. The molecule has 0 bridgehead atoms. The van der Waals surface area contributed by atoms with Crippen LogP contribution in [0.4, 0.5) is 0 Å². The molecule has 0 atom stereocenters. The Bertz CT molecular complexity index is 567. The molecule has 0 saturated heterocycles. The highest BCUT2D eigenvalue weighted by Crippen LogP contribution is 2.15. The van der Waals surface area contributed by atoms with Crippen LogP contribution in [0.15, 0.2) is 23.1 Å². The van der Waals surface area contributed by atoms with Gasteiger partial charge >= 0.3 is 5.97 Å². The number of aromatic carboxylic acids is 1. The summed E-state index contributed by atoms with van der Waals surface area (Å²) in [4.78, 5) is 11.0. The van der Waals surface area contributed by atoms with Crippen LogP contribution in [0.2, 0.25) is 0 Å². The summed E-state index contributed by atoms with van der Waals surface area (Å²) in [6, 6.07) is 4.14. The molecule has 0 aromatic heterocycles. The van der Waals surface area contributed by atoms with Crippen molar-refractivity contribution >= 4 is 16.0 Å². The van der Waals surface area contributed by atoms with Crippen LogP contribution in [0, 0.1) is 6.92 Å². The Hall–Kier alpha value is -1.40. The molecule has 112 valence electrons. The fraction of sp³-hybridized carbons (Fsp3) is 0.500. The van der Waals surface area contributed by atoms with Gasteiger partial charge in [-0.1, -0.05) is 32.3 Å². The first kappa shape index (κ1) is 16.7. The number of benzene rings is 1. The van der Waals surface area contributed by atoms with Gasteiger partial charge < -0.3 is 5.11 Å². The SMILES string of the molecule is CCCCCCNS(=O)(=O)c1ccc(C)c(C(=O)O)c1. The summed E-state index contributed by atoms with van der Waals surface area (Å²) in [6.07, 6.45) is 3.93. The van der Waals surface area contributed by atoms with E-state index in [1.807, 2.05) is 0 Å². The molecule has 0 heterocycles. The molecule has 0 saturated carbocycles. The Morgan fingerprint density at radius 3 is 2.55 bits per heavy atom. The molecule has 0 amide bonds. The molecule has 0 fully saturated rings. The van der Waals surface area contributed by atoms with Gasteiger partial charge in [0.2, 0.25) is 10.0 Å². The fourth-order valence-electron chi connectivity index (χ4n) is 1.84. The Labute approximate surface area is 120 Å². The number of unbranched alkanes of at least 4 members (excludes halogenated alkanes) is 3. The molecule has 0 aliphatic rings. The number of hydrogen-bond acceptors (Lipinski definition) is 3. The Morgan fingerprint density at radius 1 is 1.25 bits per heavy atom. The maximum Gasteiger partial charge on any atom is 0.335 e. The highest BCUT2D eigenvalue weighted by atomic mass is 32.2. The number of carboxylic acids is 1. The average molecular weight is 299 g/mol. The van der Waals surface area contributed by atoms with Crippen molar-refractivity contribution in [3.8, 4) is 0 Å². The van der Waals surface area contributed by atoms with Crippen molar-refractivity contribution in [2.24, 2.45) is 0 Å². The van der Waals surface area contributed by atoms with Gasteiger partial charge in [0, 0.05) is 6.54 Å². The monoisotopic (exact) mass is 299 g/mol. The normalized spacial score (nSPS) is 11.5. The first-order valence-corrected chi connectivity index (χ1v) is 8.20. The van der Waals surface area contributed by atoms with E-state index in [0.717, 1.165) is 25.7 Å². The zero-order valence-electron chi connectivity index (χ0n) is 11.8. The molecule has 0 unspecified atom stereocenters. The number of aryl methyl sites for hydroxylation is 1. The van der Waals surface area contributed by atoms with E-state index >= 15 is 0 Å². The van der Waals surface area contributed by atoms with E-state index in [0.29, 0.717) is 12.1 Å². The highest BCUT2D eigenvalue weighted by molar-refractivity contribution is 7.89. The van der Waals surface area contributed by atoms with E-state index in [-0.39, 0.29) is 10.5 Å². The summed E-state index contributed by atoms with van der Waals surface area (Å²) < 4.78 is 26.6. The molecule has 0 spiro atoms. The third-order valence-electron chi connectivity index (χ3n) is 3.07. The first-order chi connectivity index (χ1) is 9.38. The van der Waals surface area contributed by atoms with Crippen LogP contribution >= 0.6 is 0 Å². The van der Waals surface area contributed by atoms with Crippen LogP contribution in [0.5, 0.6) is 0 Å². The smallest absolute Gasteiger partial charge is 0.335 e. The summed E-state index contributed by atoms with van der Waals surface area (Å²) in [5.41, 5.74) is 0.554. The summed E-state index contributed by atoms with van der Waals surface area (Å²) in [6.45, 7) is 4.10. The molecule has 1 aromatic rings. The number of carboxylic acid groups (broad SMARTS) is 1. The van der Waals surface area contributed by atoms with Crippen molar-refractivity contribution in [3.63, 3.8) is 0 Å². The highest BCUT2D eigenvalue weighted by Gasteiger charge is 2.17. The molecule has 5 nitrogen and oxygen atoms in total. The summed E-state index contributed by atoms with van der Waals surface area (Å²) in [5, 5.41) is 9.01. The lowest BCUT2D eigenvalue weighted by molar-refractivity contribution is 0.0696. The van der Waals surface area contributed by atoms with Gasteiger partial charge in [-0.25, -0.2) is 17.9 Å². The number of hydrogen-bond donors (Lipinski definition) is 2. The third kappa shape index (κ3) is 4.61. The van der Waals surface area contributed by atoms with Crippen LogP contribution < -0.4 is 4.72 Å². The Balaban J connectivity index is 2.77. The second-order valence-electron chi connectivity index (χ2n) is 4.74. The van der Waals surface area contributed by atoms with Crippen LogP contribution in [0.3, 0.4) is 0 Å². The predicted molar refractivity (Wildman–Crippen MR) is 77.5 cm³/mol. The van der Waals surface area contributed by atoms with Gasteiger partial charge in [-0.05, 0) is 31.0 Å². The van der Waals surface area contributed by atoms with Crippen LogP contribution in [0.25, 0.3) is 0 Å². The van der Waals surface area contributed by atoms with E-state index in [4.69, 9.17) is 5.11 Å². The van der Waals surface area contributed by atoms with Crippen LogP contribution in [-0.2, 0) is 10.0 Å². The van der Waals surface area contributed by atoms with Gasteiger partial charge in [-0.3, -0.25) is 0 Å². The molecular formula is C14H21NO4S. The fourth-order valence-corrected chi connectivity index (χ4v) is 2.94. The van der Waals surface area contributed by atoms with E-state index in [1.165, 1.54) is 18.2 Å². The lowest BCUT2D eigenvalue weighted by Crippen LogP contribution is -2.25. The first-order valence-electron chi connectivity index (χ1n) is 6.72. The van der Waals surface area contributed by atoms with Crippen molar-refractivity contribution in [1.82, 2.24) is 4.72 Å². The third-order valence-corrected chi connectivity index (χ3v) is 4.53. The minimum absolute atomic E-state index is 0.00371. The lowest BCUT2D eigenvalue weighted by Gasteiger charge is -2.08. The Kier molecular flexibility index (Phi) is 6.16. The van der Waals surface area contributed by atoms with E-state index in [1.54, 1.807) is 6.92 Å². The second kappa shape index (κ2) is 7.40. The van der Waals surface area contributed by atoms with E-state index < -0.39 is 16.0 Å². The van der Waals surface area contributed by atoms with Crippen LogP contribution in [-0.4, -0.2) is 26.0 Å². The quantitative estimate of drug-likeness (QED) is 0.723. The lowest BCUT2D eigenvalue weighted by atomic mass is 10.1. The van der Waals surface area contributed by atoms with Crippen molar-refractivity contribution in [1.29, 1.82) is 0 Å². The van der Waals surface area contributed by atoms with E-state index in [2.05, 4.69) is 11.6 Å². The maximum atomic E-state index is 12.0. The van der Waals surface area contributed by atoms with E-state index in [9.17, 15) is 13.2 Å². The summed E-state index contributed by atoms with van der Waals surface area (Å²) in [7, 11) is -3.63. The van der Waals surface area contributed by atoms with Gasteiger partial charge in [0.15, 0.2) is 0 Å². The number of nitrogens with one attached hydrogen (secondary N) is 1. The van der Waals surface area contributed by atoms with Gasteiger partial charge in [-0.15, -0.1) is 0 Å². The van der Waals surface area contributed by atoms with Gasteiger partial charge in [-0.2, -0.15) is 0 Å². The van der Waals surface area contributed by atoms with Crippen molar-refractivity contribution < 1.29 is 18.3 Å². The molecule has 20 heavy (non-hydrogen) atoms. The zero-order chi connectivity index (χ0) is 15.2. The standard InChI is InChI=1S/C14H21NO4S/c1-3-4-5-6-9-15-20(18,19)12-8-7-11(2)13(10-12)14(16)17/h7-8,10,15H,3-6,9H2,1-2H3,(H,16,17). The molecule has 0 radical (unpaired) electrons.